The Morgan fingerprint density at radius 2 is 1.95 bits per heavy atom. The van der Waals surface area contributed by atoms with Gasteiger partial charge in [0.05, 0.1) is 0 Å². The number of rotatable bonds is 5. The predicted molar refractivity (Wildman–Crippen MR) is 76.6 cm³/mol. The van der Waals surface area contributed by atoms with E-state index < -0.39 is 0 Å². The van der Waals surface area contributed by atoms with Gasteiger partial charge in [0.2, 0.25) is 0 Å². The van der Waals surface area contributed by atoms with Crippen molar-refractivity contribution in [1.82, 2.24) is 20.1 Å². The van der Waals surface area contributed by atoms with Crippen LogP contribution in [0.15, 0.2) is 5.16 Å². The van der Waals surface area contributed by atoms with Gasteiger partial charge in [-0.3, -0.25) is 0 Å². The standard InChI is InChI=1S/C14H22N4S/c1-15-10-4-7-12(8-10)19-14-17-16-13(9-2-3-9)18(14)11-5-6-11/h9-12,15H,2-8H2,1H3. The lowest BCUT2D eigenvalue weighted by Gasteiger charge is -2.12. The molecule has 3 aliphatic rings. The molecule has 1 heterocycles. The molecule has 0 spiro atoms. The van der Waals surface area contributed by atoms with Crippen LogP contribution in [0.2, 0.25) is 0 Å². The Bertz CT molecular complexity index is 464. The van der Waals surface area contributed by atoms with Crippen LogP contribution in [0.5, 0.6) is 0 Å². The molecule has 4 rings (SSSR count). The van der Waals surface area contributed by atoms with Crippen LogP contribution in [0, 0.1) is 0 Å². The summed E-state index contributed by atoms with van der Waals surface area (Å²) in [6.45, 7) is 0. The summed E-state index contributed by atoms with van der Waals surface area (Å²) in [4.78, 5) is 0. The zero-order valence-electron chi connectivity index (χ0n) is 11.5. The van der Waals surface area contributed by atoms with Crippen LogP contribution in [-0.2, 0) is 0 Å². The Labute approximate surface area is 118 Å². The van der Waals surface area contributed by atoms with Gasteiger partial charge in [-0.2, -0.15) is 0 Å². The highest BCUT2D eigenvalue weighted by Crippen LogP contribution is 2.47. The molecule has 0 bridgehead atoms. The van der Waals surface area contributed by atoms with Crippen LogP contribution >= 0.6 is 11.8 Å². The molecule has 1 aromatic rings. The maximum absolute atomic E-state index is 4.51. The van der Waals surface area contributed by atoms with Crippen molar-refractivity contribution in [3.05, 3.63) is 5.82 Å². The molecule has 1 N–H and O–H groups in total. The molecule has 3 aliphatic carbocycles. The highest BCUT2D eigenvalue weighted by atomic mass is 32.2. The minimum absolute atomic E-state index is 0.706. The summed E-state index contributed by atoms with van der Waals surface area (Å²) >= 11 is 1.98. The second-order valence-corrected chi connectivity index (χ2v) is 7.52. The van der Waals surface area contributed by atoms with Gasteiger partial charge in [-0.15, -0.1) is 10.2 Å². The fourth-order valence-corrected chi connectivity index (χ4v) is 4.45. The van der Waals surface area contributed by atoms with Crippen molar-refractivity contribution in [3.63, 3.8) is 0 Å². The van der Waals surface area contributed by atoms with Crippen LogP contribution in [0.25, 0.3) is 0 Å². The summed E-state index contributed by atoms with van der Waals surface area (Å²) in [6.07, 6.45) is 9.19. The lowest BCUT2D eigenvalue weighted by Crippen LogP contribution is -2.21. The van der Waals surface area contributed by atoms with E-state index in [1.807, 2.05) is 11.8 Å². The zero-order chi connectivity index (χ0) is 12.8. The van der Waals surface area contributed by atoms with Crippen LogP contribution in [-0.4, -0.2) is 33.1 Å². The van der Waals surface area contributed by atoms with E-state index >= 15 is 0 Å². The summed E-state index contributed by atoms with van der Waals surface area (Å²) in [5.41, 5.74) is 0. The molecule has 5 heteroatoms. The topological polar surface area (TPSA) is 42.7 Å². The highest BCUT2D eigenvalue weighted by molar-refractivity contribution is 7.99. The average molecular weight is 278 g/mol. The normalized spacial score (nSPS) is 31.0. The van der Waals surface area contributed by atoms with Crippen molar-refractivity contribution in [2.75, 3.05) is 7.05 Å². The zero-order valence-corrected chi connectivity index (χ0v) is 12.3. The number of hydrogen-bond acceptors (Lipinski definition) is 4. The van der Waals surface area contributed by atoms with E-state index in [-0.39, 0.29) is 0 Å². The average Bonchev–Trinajstić information content (AvgIpc) is 3.35. The highest BCUT2D eigenvalue weighted by Gasteiger charge is 2.37. The Morgan fingerprint density at radius 1 is 1.11 bits per heavy atom. The fourth-order valence-electron chi connectivity index (χ4n) is 3.12. The molecule has 1 aromatic heterocycles. The smallest absolute Gasteiger partial charge is 0.191 e. The van der Waals surface area contributed by atoms with Crippen molar-refractivity contribution in [1.29, 1.82) is 0 Å². The molecule has 4 nitrogen and oxygen atoms in total. The largest absolute Gasteiger partial charge is 0.317 e. The van der Waals surface area contributed by atoms with Gasteiger partial charge in [0.25, 0.3) is 0 Å². The minimum atomic E-state index is 0.706. The van der Waals surface area contributed by atoms with Crippen molar-refractivity contribution < 1.29 is 0 Å². The number of thioether (sulfide) groups is 1. The van der Waals surface area contributed by atoms with E-state index in [0.717, 1.165) is 17.2 Å². The van der Waals surface area contributed by atoms with E-state index in [4.69, 9.17) is 0 Å². The Hall–Kier alpha value is -0.550. The lowest BCUT2D eigenvalue weighted by molar-refractivity contribution is 0.582. The van der Waals surface area contributed by atoms with Gasteiger partial charge in [-0.05, 0) is 52.0 Å². The second-order valence-electron chi connectivity index (χ2n) is 6.25. The summed E-state index contributed by atoms with van der Waals surface area (Å²) in [6, 6.07) is 1.42. The fraction of sp³-hybridized carbons (Fsp3) is 0.857. The van der Waals surface area contributed by atoms with Gasteiger partial charge in [0.1, 0.15) is 5.82 Å². The quantitative estimate of drug-likeness (QED) is 0.899. The molecule has 0 aromatic carbocycles. The van der Waals surface area contributed by atoms with E-state index in [2.05, 4.69) is 27.1 Å². The molecule has 104 valence electrons. The molecule has 2 atom stereocenters. The second kappa shape index (κ2) is 4.77. The molecule has 0 amide bonds. The first-order valence-corrected chi connectivity index (χ1v) is 8.52. The van der Waals surface area contributed by atoms with E-state index in [9.17, 15) is 0 Å². The number of aromatic nitrogens is 3. The van der Waals surface area contributed by atoms with E-state index in [1.165, 1.54) is 55.9 Å². The maximum Gasteiger partial charge on any atom is 0.191 e. The predicted octanol–water partition coefficient (Wildman–Crippen LogP) is 2.72. The lowest BCUT2D eigenvalue weighted by atomic mass is 10.3. The van der Waals surface area contributed by atoms with Crippen molar-refractivity contribution >= 4 is 11.8 Å². The van der Waals surface area contributed by atoms with Gasteiger partial charge < -0.3 is 9.88 Å². The SMILES string of the molecule is CNC1CCC(Sc2nnc(C3CC3)n2C2CC2)C1. The third kappa shape index (κ3) is 2.42. The first kappa shape index (κ1) is 12.2. The summed E-state index contributed by atoms with van der Waals surface area (Å²) in [5, 5.41) is 14.3. The van der Waals surface area contributed by atoms with Gasteiger partial charge in [0, 0.05) is 23.3 Å². The first-order valence-electron chi connectivity index (χ1n) is 7.64. The number of hydrogen-bond donors (Lipinski definition) is 1. The van der Waals surface area contributed by atoms with Crippen molar-refractivity contribution in [3.8, 4) is 0 Å². The van der Waals surface area contributed by atoms with Crippen molar-refractivity contribution in [2.45, 2.75) is 73.4 Å². The molecule has 19 heavy (non-hydrogen) atoms. The molecule has 0 radical (unpaired) electrons. The van der Waals surface area contributed by atoms with Crippen molar-refractivity contribution in [2.24, 2.45) is 0 Å². The van der Waals surface area contributed by atoms with Crippen LogP contribution in [0.1, 0.15) is 62.7 Å². The molecule has 0 aliphatic heterocycles. The summed E-state index contributed by atoms with van der Waals surface area (Å²) in [7, 11) is 2.08. The number of nitrogens with zero attached hydrogens (tertiary/aromatic N) is 3. The van der Waals surface area contributed by atoms with Gasteiger partial charge in [-0.25, -0.2) is 0 Å². The Morgan fingerprint density at radius 3 is 2.58 bits per heavy atom. The summed E-state index contributed by atoms with van der Waals surface area (Å²) < 4.78 is 2.48. The van der Waals surface area contributed by atoms with E-state index in [0.29, 0.717) is 6.04 Å². The number of nitrogens with one attached hydrogen (secondary N) is 1. The van der Waals surface area contributed by atoms with Crippen LogP contribution < -0.4 is 5.32 Å². The monoisotopic (exact) mass is 278 g/mol. The molecule has 3 fully saturated rings. The Kier molecular flexibility index (Phi) is 3.07. The first-order chi connectivity index (χ1) is 9.35. The van der Waals surface area contributed by atoms with E-state index in [1.54, 1.807) is 0 Å². The summed E-state index contributed by atoms with van der Waals surface area (Å²) in [5.74, 6) is 2.00. The molecule has 2 unspecified atom stereocenters. The maximum atomic E-state index is 4.51. The third-order valence-corrected chi connectivity index (χ3v) is 5.86. The van der Waals surface area contributed by atoms with Crippen LogP contribution in [0.3, 0.4) is 0 Å². The Balaban J connectivity index is 1.51. The molecule has 3 saturated carbocycles. The minimum Gasteiger partial charge on any atom is -0.317 e. The van der Waals surface area contributed by atoms with Gasteiger partial charge >= 0.3 is 0 Å². The third-order valence-electron chi connectivity index (χ3n) is 4.61. The van der Waals surface area contributed by atoms with Crippen LogP contribution in [0.4, 0.5) is 0 Å². The van der Waals surface area contributed by atoms with Gasteiger partial charge in [0.15, 0.2) is 5.16 Å². The molecule has 0 saturated heterocycles. The molecular weight excluding hydrogens is 256 g/mol. The van der Waals surface area contributed by atoms with Gasteiger partial charge in [-0.1, -0.05) is 11.8 Å². The molecular formula is C14H22N4S.